The van der Waals surface area contributed by atoms with E-state index in [4.69, 9.17) is 5.11 Å². The molecule has 3 heteroatoms. The Hall–Kier alpha value is -1.29. The normalized spacial score (nSPS) is 14.7. The van der Waals surface area contributed by atoms with E-state index in [1.807, 2.05) is 6.92 Å². The fourth-order valence-electron chi connectivity index (χ4n) is 1.73. The maximum absolute atomic E-state index is 12.6. The predicted molar refractivity (Wildman–Crippen MR) is 87.2 cm³/mol. The van der Waals surface area contributed by atoms with Gasteiger partial charge < -0.3 is 10.4 Å². The van der Waals surface area contributed by atoms with Crippen LogP contribution in [0.3, 0.4) is 0 Å². The smallest absolute Gasteiger partial charge is 0.0842 e. The molecule has 2 N–H and O–H groups in total. The van der Waals surface area contributed by atoms with Crippen molar-refractivity contribution in [2.45, 2.75) is 46.5 Å². The molecule has 21 heavy (non-hydrogen) atoms. The summed E-state index contributed by atoms with van der Waals surface area (Å²) in [5, 5.41) is 12.0. The highest BCUT2D eigenvalue weighted by molar-refractivity contribution is 5.31. The van der Waals surface area contributed by atoms with Crippen molar-refractivity contribution in [3.05, 3.63) is 12.4 Å². The monoisotopic (exact) mass is 293 g/mol. The first kappa shape index (κ1) is 19.7. The Bertz CT molecular complexity index is 410. The van der Waals surface area contributed by atoms with Gasteiger partial charge in [-0.3, -0.25) is 0 Å². The summed E-state index contributed by atoms with van der Waals surface area (Å²) in [5.41, 5.74) is -0.528. The zero-order valence-electron chi connectivity index (χ0n) is 13.5. The quantitative estimate of drug-likeness (QED) is 0.505. The number of aliphatic hydroxyl groups is 1. The van der Waals surface area contributed by atoms with Crippen LogP contribution in [0.25, 0.3) is 0 Å². The Kier molecular flexibility index (Phi) is 11.7. The zero-order chi connectivity index (χ0) is 16.0. The number of hydrogen-bond donors (Lipinski definition) is 2. The standard InChI is InChI=1S/C18H28FNO/c1-4-5-14-20-16-17(2)18(3,12-13-19)11-9-7-6-8-10-15-21/h12-13,17,20-21H,4-5,8,10,14-16H2,1-3H3/b13-12+/t17-,18?/m1/s1. The van der Waals surface area contributed by atoms with Crippen molar-refractivity contribution in [3.63, 3.8) is 0 Å². The molecule has 118 valence electrons. The minimum Gasteiger partial charge on any atom is -0.396 e. The molecule has 0 aromatic rings. The van der Waals surface area contributed by atoms with E-state index >= 15 is 0 Å². The molecule has 0 saturated heterocycles. The third kappa shape index (κ3) is 9.29. The number of allylic oxidation sites excluding steroid dienone is 1. The summed E-state index contributed by atoms with van der Waals surface area (Å²) in [4.78, 5) is 0. The van der Waals surface area contributed by atoms with E-state index in [9.17, 15) is 4.39 Å². The van der Waals surface area contributed by atoms with Crippen LogP contribution >= 0.6 is 0 Å². The number of hydrogen-bond acceptors (Lipinski definition) is 2. The number of aliphatic hydroxyl groups excluding tert-OH is 1. The van der Waals surface area contributed by atoms with Gasteiger partial charge in [0.25, 0.3) is 0 Å². The van der Waals surface area contributed by atoms with Crippen LogP contribution in [0, 0.1) is 35.0 Å². The van der Waals surface area contributed by atoms with Crippen LogP contribution in [0.4, 0.5) is 4.39 Å². The van der Waals surface area contributed by atoms with Gasteiger partial charge in [-0.2, -0.15) is 0 Å². The second kappa shape index (κ2) is 12.5. The van der Waals surface area contributed by atoms with Gasteiger partial charge in [0, 0.05) is 13.0 Å². The lowest BCUT2D eigenvalue weighted by atomic mass is 9.78. The summed E-state index contributed by atoms with van der Waals surface area (Å²) in [5.74, 6) is 11.7. The molecule has 2 atom stereocenters. The van der Waals surface area contributed by atoms with Gasteiger partial charge in [-0.25, -0.2) is 4.39 Å². The Morgan fingerprint density at radius 3 is 2.71 bits per heavy atom. The molecular formula is C18H28FNO. The Balaban J connectivity index is 4.58. The van der Waals surface area contributed by atoms with Crippen LogP contribution in [0.2, 0.25) is 0 Å². The third-order valence-electron chi connectivity index (χ3n) is 3.53. The van der Waals surface area contributed by atoms with Crippen LogP contribution in [0.15, 0.2) is 12.4 Å². The molecule has 0 aliphatic rings. The molecule has 0 aromatic heterocycles. The number of nitrogens with one attached hydrogen (secondary N) is 1. The molecule has 0 radical (unpaired) electrons. The minimum atomic E-state index is -0.528. The van der Waals surface area contributed by atoms with Gasteiger partial charge in [0.2, 0.25) is 0 Å². The predicted octanol–water partition coefficient (Wildman–Crippen LogP) is 3.28. The molecule has 0 rings (SSSR count). The first-order valence-corrected chi connectivity index (χ1v) is 7.70. The largest absolute Gasteiger partial charge is 0.396 e. The van der Waals surface area contributed by atoms with Crippen LogP contribution in [0.5, 0.6) is 0 Å². The van der Waals surface area contributed by atoms with Crippen LogP contribution in [-0.4, -0.2) is 24.8 Å². The van der Waals surface area contributed by atoms with Crippen LogP contribution in [-0.2, 0) is 0 Å². The van der Waals surface area contributed by atoms with Gasteiger partial charge in [-0.15, -0.1) is 0 Å². The fraction of sp³-hybridized carbons (Fsp3) is 0.667. The summed E-state index contributed by atoms with van der Waals surface area (Å²) >= 11 is 0. The van der Waals surface area contributed by atoms with Gasteiger partial charge in [0.05, 0.1) is 11.7 Å². The SMILES string of the molecule is CCCCNC[C@@H](C)C(C)(C#CC#CCCCO)/C=C/F. The minimum absolute atomic E-state index is 0.144. The molecule has 0 bridgehead atoms. The zero-order valence-corrected chi connectivity index (χ0v) is 13.5. The van der Waals surface area contributed by atoms with Crippen molar-refractivity contribution in [2.24, 2.45) is 11.3 Å². The molecule has 2 nitrogen and oxygen atoms in total. The molecule has 0 heterocycles. The summed E-state index contributed by atoms with van der Waals surface area (Å²) in [6.07, 6.45) is 5.66. The Morgan fingerprint density at radius 1 is 1.33 bits per heavy atom. The Labute approximate surface area is 129 Å². The van der Waals surface area contributed by atoms with E-state index < -0.39 is 5.41 Å². The van der Waals surface area contributed by atoms with Gasteiger partial charge >= 0.3 is 0 Å². The highest BCUT2D eigenvalue weighted by atomic mass is 19.1. The van der Waals surface area contributed by atoms with E-state index in [0.717, 1.165) is 25.9 Å². The number of rotatable bonds is 9. The molecule has 0 amide bonds. The maximum atomic E-state index is 12.6. The summed E-state index contributed by atoms with van der Waals surface area (Å²) in [6.45, 7) is 8.06. The van der Waals surface area contributed by atoms with Gasteiger partial charge in [0.1, 0.15) is 0 Å². The molecule has 0 spiro atoms. The second-order valence-electron chi connectivity index (χ2n) is 5.41. The number of unbranched alkanes of at least 4 members (excludes halogenated alkanes) is 2. The summed E-state index contributed by atoms with van der Waals surface area (Å²) in [6, 6.07) is 0. The highest BCUT2D eigenvalue weighted by Gasteiger charge is 2.26. The topological polar surface area (TPSA) is 32.3 Å². The number of halogens is 1. The molecule has 0 saturated carbocycles. The van der Waals surface area contributed by atoms with E-state index in [1.165, 1.54) is 6.08 Å². The van der Waals surface area contributed by atoms with Gasteiger partial charge in [-0.1, -0.05) is 32.1 Å². The second-order valence-corrected chi connectivity index (χ2v) is 5.41. The van der Waals surface area contributed by atoms with E-state index in [2.05, 4.69) is 42.8 Å². The van der Waals surface area contributed by atoms with Crippen molar-refractivity contribution in [1.29, 1.82) is 0 Å². The molecule has 0 aromatic carbocycles. The van der Waals surface area contributed by atoms with Crippen LogP contribution < -0.4 is 5.32 Å². The lowest BCUT2D eigenvalue weighted by Crippen LogP contribution is -2.32. The average Bonchev–Trinajstić information content (AvgIpc) is 2.47. The molecule has 0 aliphatic heterocycles. The van der Waals surface area contributed by atoms with Gasteiger partial charge in [-0.05, 0) is 56.7 Å². The Morgan fingerprint density at radius 2 is 2.10 bits per heavy atom. The fourth-order valence-corrected chi connectivity index (χ4v) is 1.73. The molecular weight excluding hydrogens is 265 g/mol. The molecule has 1 unspecified atom stereocenters. The van der Waals surface area contributed by atoms with Crippen molar-refractivity contribution in [3.8, 4) is 23.7 Å². The van der Waals surface area contributed by atoms with Crippen LogP contribution in [0.1, 0.15) is 46.5 Å². The van der Waals surface area contributed by atoms with Crippen molar-refractivity contribution in [2.75, 3.05) is 19.7 Å². The molecule has 0 aliphatic carbocycles. The average molecular weight is 293 g/mol. The van der Waals surface area contributed by atoms with Crippen molar-refractivity contribution in [1.82, 2.24) is 5.32 Å². The van der Waals surface area contributed by atoms with Crippen molar-refractivity contribution < 1.29 is 9.50 Å². The van der Waals surface area contributed by atoms with E-state index in [-0.39, 0.29) is 12.5 Å². The summed E-state index contributed by atoms with van der Waals surface area (Å²) < 4.78 is 12.6. The maximum Gasteiger partial charge on any atom is 0.0842 e. The van der Waals surface area contributed by atoms with Crippen molar-refractivity contribution >= 4 is 0 Å². The third-order valence-corrected chi connectivity index (χ3v) is 3.53. The first-order valence-electron chi connectivity index (χ1n) is 7.70. The van der Waals surface area contributed by atoms with E-state index in [1.54, 1.807) is 0 Å². The summed E-state index contributed by atoms with van der Waals surface area (Å²) in [7, 11) is 0. The van der Waals surface area contributed by atoms with Gasteiger partial charge in [0.15, 0.2) is 0 Å². The van der Waals surface area contributed by atoms with E-state index in [0.29, 0.717) is 19.2 Å². The first-order chi connectivity index (χ1) is 10.1. The lowest BCUT2D eigenvalue weighted by Gasteiger charge is -2.27. The molecule has 0 fully saturated rings. The highest BCUT2D eigenvalue weighted by Crippen LogP contribution is 2.28. The lowest BCUT2D eigenvalue weighted by molar-refractivity contribution is 0.290.